The summed E-state index contributed by atoms with van der Waals surface area (Å²) in [6, 6.07) is 0. The molecule has 5 heteroatoms. The lowest BCUT2D eigenvalue weighted by atomic mass is 9.99. The zero-order valence-corrected chi connectivity index (χ0v) is 15.0. The predicted octanol–water partition coefficient (Wildman–Crippen LogP) is 2.12. The minimum absolute atomic E-state index is 0.332. The molecule has 0 saturated carbocycles. The number of nitrogens with one attached hydrogen (secondary N) is 1. The van der Waals surface area contributed by atoms with Gasteiger partial charge in [0.2, 0.25) is 0 Å². The van der Waals surface area contributed by atoms with Crippen LogP contribution in [0.15, 0.2) is 4.99 Å². The Bertz CT molecular complexity index is 348. The van der Waals surface area contributed by atoms with Crippen LogP contribution in [0, 0.1) is 5.92 Å². The van der Waals surface area contributed by atoms with Crippen LogP contribution in [0.25, 0.3) is 0 Å². The Labute approximate surface area is 134 Å². The van der Waals surface area contributed by atoms with Crippen molar-refractivity contribution in [2.24, 2.45) is 10.9 Å². The highest BCUT2D eigenvalue weighted by Crippen LogP contribution is 2.29. The van der Waals surface area contributed by atoms with Gasteiger partial charge in [0.15, 0.2) is 5.96 Å². The van der Waals surface area contributed by atoms with Crippen LogP contribution in [0.4, 0.5) is 0 Å². The number of hydrogen-bond acceptors (Lipinski definition) is 3. The van der Waals surface area contributed by atoms with Crippen LogP contribution in [0.5, 0.6) is 0 Å². The quantitative estimate of drug-likeness (QED) is 0.639. The Morgan fingerprint density at radius 3 is 2.62 bits per heavy atom. The molecule has 0 aromatic rings. The molecule has 0 aliphatic carbocycles. The second-order valence-corrected chi connectivity index (χ2v) is 8.83. The molecule has 0 aromatic heterocycles. The smallest absolute Gasteiger partial charge is 0.193 e. The average Bonchev–Trinajstić information content (AvgIpc) is 2.44. The zero-order valence-electron chi connectivity index (χ0n) is 14.2. The molecule has 2 saturated heterocycles. The van der Waals surface area contributed by atoms with E-state index >= 15 is 0 Å². The highest BCUT2D eigenvalue weighted by Gasteiger charge is 2.28. The summed E-state index contributed by atoms with van der Waals surface area (Å²) in [7, 11) is 1.90. The van der Waals surface area contributed by atoms with Crippen molar-refractivity contribution in [2.45, 2.75) is 38.4 Å². The van der Waals surface area contributed by atoms with Gasteiger partial charge < -0.3 is 15.1 Å². The molecule has 0 radical (unpaired) electrons. The van der Waals surface area contributed by atoms with Gasteiger partial charge in [-0.25, -0.2) is 0 Å². The van der Waals surface area contributed by atoms with E-state index in [1.54, 1.807) is 0 Å². The summed E-state index contributed by atoms with van der Waals surface area (Å²) in [5.41, 5.74) is 0. The van der Waals surface area contributed by atoms with E-state index < -0.39 is 0 Å². The molecule has 1 N–H and O–H groups in total. The monoisotopic (exact) mass is 312 g/mol. The van der Waals surface area contributed by atoms with E-state index in [0.29, 0.717) is 4.75 Å². The summed E-state index contributed by atoms with van der Waals surface area (Å²) in [6.07, 6.45) is 2.71. The summed E-state index contributed by atoms with van der Waals surface area (Å²) < 4.78 is 0.332. The second-order valence-electron chi connectivity index (χ2n) is 7.03. The number of hydrogen-bond donors (Lipinski definition) is 1. The largest absolute Gasteiger partial charge is 0.355 e. The van der Waals surface area contributed by atoms with E-state index in [0.717, 1.165) is 38.1 Å². The molecule has 0 spiro atoms. The van der Waals surface area contributed by atoms with E-state index in [4.69, 9.17) is 0 Å². The summed E-state index contributed by atoms with van der Waals surface area (Å²) in [6.45, 7) is 13.9. The molecule has 21 heavy (non-hydrogen) atoms. The van der Waals surface area contributed by atoms with Crippen molar-refractivity contribution < 1.29 is 0 Å². The molecule has 0 bridgehead atoms. The average molecular weight is 313 g/mol. The third-order valence-electron chi connectivity index (χ3n) is 4.52. The maximum atomic E-state index is 4.48. The molecule has 2 aliphatic heterocycles. The second kappa shape index (κ2) is 7.73. The maximum Gasteiger partial charge on any atom is 0.193 e. The lowest BCUT2D eigenvalue weighted by Crippen LogP contribution is -2.52. The normalized spacial score (nSPS) is 25.1. The van der Waals surface area contributed by atoms with E-state index in [9.17, 15) is 0 Å². The fourth-order valence-corrected chi connectivity index (χ4v) is 4.25. The van der Waals surface area contributed by atoms with Gasteiger partial charge in [0.05, 0.1) is 0 Å². The number of aliphatic imine (C=N–C) groups is 1. The van der Waals surface area contributed by atoms with E-state index in [-0.39, 0.29) is 0 Å². The molecule has 2 aliphatic rings. The highest BCUT2D eigenvalue weighted by atomic mass is 32.2. The summed E-state index contributed by atoms with van der Waals surface area (Å²) in [5.74, 6) is 3.18. The molecular weight excluding hydrogens is 280 g/mol. The van der Waals surface area contributed by atoms with E-state index in [1.807, 2.05) is 7.05 Å². The van der Waals surface area contributed by atoms with Crippen LogP contribution < -0.4 is 5.32 Å². The van der Waals surface area contributed by atoms with Crippen LogP contribution in [-0.2, 0) is 0 Å². The van der Waals surface area contributed by atoms with Crippen molar-refractivity contribution in [3.8, 4) is 0 Å². The number of piperidine rings is 1. The Morgan fingerprint density at radius 1 is 1.29 bits per heavy atom. The van der Waals surface area contributed by atoms with E-state index in [2.05, 4.69) is 52.6 Å². The first-order valence-electron chi connectivity index (χ1n) is 8.32. The van der Waals surface area contributed by atoms with Crippen LogP contribution in [0.2, 0.25) is 0 Å². The lowest BCUT2D eigenvalue weighted by Gasteiger charge is -2.39. The van der Waals surface area contributed by atoms with Crippen LogP contribution in [0.3, 0.4) is 0 Å². The maximum absolute atomic E-state index is 4.48. The van der Waals surface area contributed by atoms with Crippen molar-refractivity contribution in [3.05, 3.63) is 0 Å². The van der Waals surface area contributed by atoms with Gasteiger partial charge in [-0.15, -0.1) is 0 Å². The highest BCUT2D eigenvalue weighted by molar-refractivity contribution is 8.00. The standard InChI is InChI=1S/C16H32N4S/c1-14-5-8-19(9-6-14)10-7-18-15(17-4)20-11-12-21-16(2,3)13-20/h14H,5-13H2,1-4H3,(H,17,18). The topological polar surface area (TPSA) is 30.9 Å². The van der Waals surface area contributed by atoms with Crippen molar-refractivity contribution >= 4 is 17.7 Å². The molecule has 122 valence electrons. The molecule has 2 fully saturated rings. The van der Waals surface area contributed by atoms with Crippen molar-refractivity contribution in [2.75, 3.05) is 52.1 Å². The third-order valence-corrected chi connectivity index (χ3v) is 5.82. The van der Waals surface area contributed by atoms with Gasteiger partial charge in [0, 0.05) is 43.7 Å². The van der Waals surface area contributed by atoms with Crippen molar-refractivity contribution in [1.29, 1.82) is 0 Å². The number of likely N-dealkylation sites (tertiary alicyclic amines) is 1. The summed E-state index contributed by atoms with van der Waals surface area (Å²) in [4.78, 5) is 9.47. The first kappa shape index (κ1) is 16.9. The molecular formula is C16H32N4S. The molecule has 2 heterocycles. The molecule has 4 nitrogen and oxygen atoms in total. The van der Waals surface area contributed by atoms with Gasteiger partial charge >= 0.3 is 0 Å². The van der Waals surface area contributed by atoms with Crippen molar-refractivity contribution in [1.82, 2.24) is 15.1 Å². The summed E-state index contributed by atoms with van der Waals surface area (Å²) in [5, 5.41) is 3.56. The molecule has 0 amide bonds. The van der Waals surface area contributed by atoms with Crippen LogP contribution in [-0.4, -0.2) is 72.6 Å². The Kier molecular flexibility index (Phi) is 6.23. The Balaban J connectivity index is 1.73. The molecule has 2 rings (SSSR count). The van der Waals surface area contributed by atoms with Crippen LogP contribution >= 0.6 is 11.8 Å². The predicted molar refractivity (Wildman–Crippen MR) is 94.3 cm³/mol. The summed E-state index contributed by atoms with van der Waals surface area (Å²) >= 11 is 2.07. The number of rotatable bonds is 3. The van der Waals surface area contributed by atoms with Crippen molar-refractivity contribution in [3.63, 3.8) is 0 Å². The minimum atomic E-state index is 0.332. The molecule has 0 aromatic carbocycles. The van der Waals surface area contributed by atoms with Gasteiger partial charge in [0.1, 0.15) is 0 Å². The SMILES string of the molecule is CN=C(NCCN1CCC(C)CC1)N1CCSC(C)(C)C1. The lowest BCUT2D eigenvalue weighted by molar-refractivity contribution is 0.194. The van der Waals surface area contributed by atoms with Gasteiger partial charge in [-0.1, -0.05) is 6.92 Å². The number of nitrogens with zero attached hydrogens (tertiary/aromatic N) is 3. The number of thioether (sulfide) groups is 1. The van der Waals surface area contributed by atoms with Gasteiger partial charge in [-0.2, -0.15) is 11.8 Å². The zero-order chi connectivity index (χ0) is 15.3. The Hall–Kier alpha value is -0.420. The minimum Gasteiger partial charge on any atom is -0.355 e. The first-order valence-corrected chi connectivity index (χ1v) is 9.30. The third kappa shape index (κ3) is 5.37. The first-order chi connectivity index (χ1) is 10.00. The van der Waals surface area contributed by atoms with E-state index in [1.165, 1.54) is 31.7 Å². The van der Waals surface area contributed by atoms with Gasteiger partial charge in [0.25, 0.3) is 0 Å². The van der Waals surface area contributed by atoms with Gasteiger partial charge in [-0.3, -0.25) is 4.99 Å². The molecule has 0 unspecified atom stereocenters. The van der Waals surface area contributed by atoms with Gasteiger partial charge in [-0.05, 0) is 45.7 Å². The fraction of sp³-hybridized carbons (Fsp3) is 0.938. The molecule has 0 atom stereocenters. The number of guanidine groups is 1. The Morgan fingerprint density at radius 2 is 2.00 bits per heavy atom. The fourth-order valence-electron chi connectivity index (χ4n) is 3.14. The van der Waals surface area contributed by atoms with Crippen LogP contribution in [0.1, 0.15) is 33.6 Å².